The van der Waals surface area contributed by atoms with Gasteiger partial charge in [0, 0.05) is 20.4 Å². The average molecular weight is 272 g/mol. The summed E-state index contributed by atoms with van der Waals surface area (Å²) in [5.41, 5.74) is 0. The van der Waals surface area contributed by atoms with E-state index in [1.165, 1.54) is 6.42 Å². The van der Waals surface area contributed by atoms with Crippen molar-refractivity contribution in [2.24, 2.45) is 0 Å². The van der Waals surface area contributed by atoms with Gasteiger partial charge in [0.15, 0.2) is 0 Å². The van der Waals surface area contributed by atoms with E-state index in [9.17, 15) is 0 Å². The number of hydrogen-bond acceptors (Lipinski definition) is 0. The van der Waals surface area contributed by atoms with E-state index in [-0.39, 0.29) is 20.4 Å². The molecule has 1 radical (unpaired) electrons. The van der Waals surface area contributed by atoms with Crippen LogP contribution >= 0.6 is 0 Å². The first-order valence-electron chi connectivity index (χ1n) is 2.55. The van der Waals surface area contributed by atoms with E-state index in [0.717, 1.165) is 13.1 Å². The van der Waals surface area contributed by atoms with Crippen molar-refractivity contribution in [3.8, 4) is 0 Å². The minimum Gasteiger partial charge on any atom is -0.662 e. The topological polar surface area (TPSA) is 14.1 Å². The zero-order valence-electron chi connectivity index (χ0n) is 4.95. The molecule has 0 saturated heterocycles. The molecule has 0 aromatic heterocycles. The monoisotopic (exact) mass is 273 g/mol. The van der Waals surface area contributed by atoms with Gasteiger partial charge in [-0.3, -0.25) is 0 Å². The summed E-state index contributed by atoms with van der Waals surface area (Å²) in [6.07, 6.45) is 1.19. The van der Waals surface area contributed by atoms with Gasteiger partial charge in [-0.25, -0.2) is 0 Å². The third-order valence-electron chi connectivity index (χ3n) is 0.605. The van der Waals surface area contributed by atoms with Crippen molar-refractivity contribution in [3.05, 3.63) is 5.32 Å². The predicted molar refractivity (Wildman–Crippen MR) is 29.1 cm³/mol. The second-order valence-corrected chi connectivity index (χ2v) is 1.26. The fourth-order valence-corrected chi connectivity index (χ4v) is 0.316. The molecule has 0 aliphatic rings. The molecule has 0 atom stereocenters. The van der Waals surface area contributed by atoms with Gasteiger partial charge in [0.05, 0.1) is 0 Å². The summed E-state index contributed by atoms with van der Waals surface area (Å²) in [6, 6.07) is 0. The molecule has 0 unspecified atom stereocenters. The molecular formula is C5H12NRe-. The van der Waals surface area contributed by atoms with Gasteiger partial charge in [0.25, 0.3) is 0 Å². The fraction of sp³-hybridized carbons (Fsp3) is 1.00. The maximum absolute atomic E-state index is 4.09. The van der Waals surface area contributed by atoms with E-state index in [1.807, 2.05) is 0 Å². The largest absolute Gasteiger partial charge is 0.662 e. The van der Waals surface area contributed by atoms with Crippen LogP contribution in [0.15, 0.2) is 0 Å². The van der Waals surface area contributed by atoms with Crippen molar-refractivity contribution < 1.29 is 20.4 Å². The molecule has 0 N–H and O–H groups in total. The van der Waals surface area contributed by atoms with Crippen LogP contribution in [-0.2, 0) is 20.4 Å². The second kappa shape index (κ2) is 9.80. The van der Waals surface area contributed by atoms with Crippen molar-refractivity contribution in [2.75, 3.05) is 13.1 Å². The molecular weight excluding hydrogens is 260 g/mol. The summed E-state index contributed by atoms with van der Waals surface area (Å²) in [5, 5.41) is 4.09. The first-order valence-corrected chi connectivity index (χ1v) is 2.55. The van der Waals surface area contributed by atoms with Crippen LogP contribution in [0.2, 0.25) is 0 Å². The molecule has 0 rings (SSSR count). The molecule has 0 aliphatic heterocycles. The van der Waals surface area contributed by atoms with Crippen molar-refractivity contribution >= 4 is 0 Å². The Balaban J connectivity index is 0. The molecule has 0 amide bonds. The Labute approximate surface area is 59.5 Å². The van der Waals surface area contributed by atoms with Gasteiger partial charge in [-0.15, -0.1) is 6.54 Å². The Morgan fingerprint density at radius 2 is 1.86 bits per heavy atom. The van der Waals surface area contributed by atoms with E-state index in [1.54, 1.807) is 0 Å². The summed E-state index contributed by atoms with van der Waals surface area (Å²) in [5.74, 6) is 0. The molecule has 0 heterocycles. The molecule has 0 aromatic carbocycles. The predicted octanol–water partition coefficient (Wildman–Crippen LogP) is 1.79. The molecule has 0 bridgehead atoms. The molecule has 2 heteroatoms. The Kier molecular flexibility index (Phi) is 14.8. The number of nitrogens with zero attached hydrogens (tertiary/aromatic N) is 1. The van der Waals surface area contributed by atoms with E-state index in [4.69, 9.17) is 0 Å². The Morgan fingerprint density at radius 3 is 2.00 bits per heavy atom. The van der Waals surface area contributed by atoms with Crippen LogP contribution < -0.4 is 0 Å². The second-order valence-electron chi connectivity index (χ2n) is 1.26. The van der Waals surface area contributed by atoms with Gasteiger partial charge in [-0.05, 0) is 0 Å². The van der Waals surface area contributed by atoms with Gasteiger partial charge < -0.3 is 5.32 Å². The van der Waals surface area contributed by atoms with Crippen LogP contribution in [0.3, 0.4) is 0 Å². The normalized spacial score (nSPS) is 7.71. The minimum absolute atomic E-state index is 0. The minimum atomic E-state index is 0. The molecule has 45 valence electrons. The quantitative estimate of drug-likeness (QED) is 0.696. The van der Waals surface area contributed by atoms with Gasteiger partial charge in [0.2, 0.25) is 0 Å². The van der Waals surface area contributed by atoms with Crippen molar-refractivity contribution in [1.82, 2.24) is 0 Å². The number of hydrogen-bond donors (Lipinski definition) is 0. The van der Waals surface area contributed by atoms with Crippen LogP contribution in [0.25, 0.3) is 5.32 Å². The third-order valence-corrected chi connectivity index (χ3v) is 0.605. The maximum Gasteiger partial charge on any atom is 0 e. The Bertz CT molecular complexity index is 20.0. The standard InChI is InChI=1S/C5H12N.Re/c1-3-5-6-4-2;/h3-5H2,1-2H3;/q-1;. The zero-order valence-corrected chi connectivity index (χ0v) is 7.66. The molecule has 1 nitrogen and oxygen atoms in total. The van der Waals surface area contributed by atoms with Crippen molar-refractivity contribution in [1.29, 1.82) is 0 Å². The smallest absolute Gasteiger partial charge is 0 e. The Hall–Kier alpha value is 0.622. The molecule has 0 aromatic rings. The van der Waals surface area contributed by atoms with E-state index in [2.05, 4.69) is 19.2 Å². The summed E-state index contributed by atoms with van der Waals surface area (Å²) in [7, 11) is 0. The SMILES string of the molecule is CCC[N-]CC.[Re]. The van der Waals surface area contributed by atoms with Crippen LogP contribution in [-0.4, -0.2) is 13.1 Å². The zero-order chi connectivity index (χ0) is 4.83. The molecule has 0 spiro atoms. The average Bonchev–Trinajstić information content (AvgIpc) is 1.61. The number of rotatable bonds is 3. The van der Waals surface area contributed by atoms with Crippen molar-refractivity contribution in [3.63, 3.8) is 0 Å². The molecule has 0 aliphatic carbocycles. The maximum atomic E-state index is 4.09. The first kappa shape index (κ1) is 10.6. The summed E-state index contributed by atoms with van der Waals surface area (Å²) >= 11 is 0. The molecule has 0 fully saturated rings. The van der Waals surface area contributed by atoms with Crippen molar-refractivity contribution in [2.45, 2.75) is 20.3 Å². The van der Waals surface area contributed by atoms with E-state index in [0.29, 0.717) is 0 Å². The summed E-state index contributed by atoms with van der Waals surface area (Å²) in [4.78, 5) is 0. The fourth-order valence-electron chi connectivity index (χ4n) is 0.316. The third kappa shape index (κ3) is 10.8. The van der Waals surface area contributed by atoms with Crippen LogP contribution in [0.4, 0.5) is 0 Å². The van der Waals surface area contributed by atoms with Crippen LogP contribution in [0, 0.1) is 0 Å². The van der Waals surface area contributed by atoms with E-state index < -0.39 is 0 Å². The first-order chi connectivity index (χ1) is 2.91. The van der Waals surface area contributed by atoms with Crippen LogP contribution in [0.1, 0.15) is 20.3 Å². The van der Waals surface area contributed by atoms with Gasteiger partial charge in [0.1, 0.15) is 0 Å². The summed E-state index contributed by atoms with van der Waals surface area (Å²) < 4.78 is 0. The van der Waals surface area contributed by atoms with Crippen LogP contribution in [0.5, 0.6) is 0 Å². The Morgan fingerprint density at radius 1 is 1.29 bits per heavy atom. The van der Waals surface area contributed by atoms with E-state index >= 15 is 0 Å². The molecule has 7 heavy (non-hydrogen) atoms. The summed E-state index contributed by atoms with van der Waals surface area (Å²) in [6.45, 7) is 6.22. The molecule has 0 saturated carbocycles. The van der Waals surface area contributed by atoms with Gasteiger partial charge in [-0.1, -0.05) is 20.3 Å². The van der Waals surface area contributed by atoms with Gasteiger partial charge in [-0.2, -0.15) is 6.54 Å². The van der Waals surface area contributed by atoms with Gasteiger partial charge >= 0.3 is 0 Å².